The Bertz CT molecular complexity index is 1200. The summed E-state index contributed by atoms with van der Waals surface area (Å²) in [7, 11) is 1.66. The van der Waals surface area contributed by atoms with Gasteiger partial charge < -0.3 is 19.5 Å². The Hall–Kier alpha value is -2.88. The predicted octanol–water partition coefficient (Wildman–Crippen LogP) is 4.25. The fraction of sp³-hybridized carbons (Fsp3) is 0.417. The van der Waals surface area contributed by atoms with Gasteiger partial charge in [0, 0.05) is 43.4 Å². The molecule has 0 radical (unpaired) electrons. The molecule has 9 heteroatoms. The maximum atomic E-state index is 11.2. The average molecular weight is 468 g/mol. The lowest BCUT2D eigenvalue weighted by Gasteiger charge is -2.32. The molecule has 0 spiro atoms. The van der Waals surface area contributed by atoms with E-state index in [-0.39, 0.29) is 10.6 Å². The number of fused-ring (bicyclic) bond motifs is 1. The monoisotopic (exact) mass is 467 g/mol. The molecule has 8 nitrogen and oxygen atoms in total. The first-order valence-corrected chi connectivity index (χ1v) is 11.6. The van der Waals surface area contributed by atoms with E-state index in [1.807, 2.05) is 30.3 Å². The molecule has 3 aromatic rings. The molecule has 0 saturated carbocycles. The van der Waals surface area contributed by atoms with E-state index in [1.165, 1.54) is 0 Å². The molecule has 0 bridgehead atoms. The maximum Gasteiger partial charge on any atom is 0.272 e. The average Bonchev–Trinajstić information content (AvgIpc) is 2.83. The SMILES string of the molecule is COc1ccc2ncc(=S)n(CCN3CCC(NCc4ccc(C)c([N+](=O)[O-])c4)CC3)c2c1. The minimum atomic E-state index is -0.314. The zero-order valence-corrected chi connectivity index (χ0v) is 19.8. The van der Waals surface area contributed by atoms with Crippen LogP contribution in [0.2, 0.25) is 0 Å². The lowest BCUT2D eigenvalue weighted by Crippen LogP contribution is -2.43. The number of ether oxygens (including phenoxy) is 1. The number of nitro groups is 1. The molecule has 2 heterocycles. The van der Waals surface area contributed by atoms with Gasteiger partial charge in [-0.05, 0) is 50.6 Å². The third kappa shape index (κ3) is 5.55. The summed E-state index contributed by atoms with van der Waals surface area (Å²) >= 11 is 5.55. The molecule has 1 aliphatic rings. The number of nitrogens with zero attached hydrogens (tertiary/aromatic N) is 4. The zero-order chi connectivity index (χ0) is 23.4. The Morgan fingerprint density at radius 2 is 2.00 bits per heavy atom. The van der Waals surface area contributed by atoms with E-state index in [9.17, 15) is 10.1 Å². The van der Waals surface area contributed by atoms with Gasteiger partial charge in [-0.2, -0.15) is 0 Å². The molecule has 2 aromatic carbocycles. The Labute approximate surface area is 198 Å². The smallest absolute Gasteiger partial charge is 0.272 e. The maximum absolute atomic E-state index is 11.2. The second-order valence-corrected chi connectivity index (χ2v) is 8.90. The molecule has 1 fully saturated rings. The highest BCUT2D eigenvalue weighted by Crippen LogP contribution is 2.21. The van der Waals surface area contributed by atoms with Crippen molar-refractivity contribution >= 4 is 28.9 Å². The second kappa shape index (κ2) is 10.4. The number of nitro benzene ring substituents is 1. The van der Waals surface area contributed by atoms with E-state index in [0.717, 1.165) is 66.0 Å². The quantitative estimate of drug-likeness (QED) is 0.301. The molecule has 33 heavy (non-hydrogen) atoms. The summed E-state index contributed by atoms with van der Waals surface area (Å²) in [5, 5.41) is 14.7. The van der Waals surface area contributed by atoms with E-state index >= 15 is 0 Å². The number of methoxy groups -OCH3 is 1. The standard InChI is InChI=1S/C24H29N5O3S/c1-17-3-4-18(13-22(17)29(30)31)15-25-19-7-9-27(10-8-19)11-12-28-23-14-20(32-2)5-6-21(23)26-16-24(28)33/h3-6,13-14,16,19,25H,7-12,15H2,1-2H3. The number of benzene rings is 2. The molecular weight excluding hydrogens is 438 g/mol. The largest absolute Gasteiger partial charge is 0.497 e. The fourth-order valence-electron chi connectivity index (χ4n) is 4.33. The lowest BCUT2D eigenvalue weighted by molar-refractivity contribution is -0.385. The van der Waals surface area contributed by atoms with Gasteiger partial charge in [-0.25, -0.2) is 0 Å². The number of hydrogen-bond donors (Lipinski definition) is 1. The molecule has 0 amide bonds. The fourth-order valence-corrected chi connectivity index (χ4v) is 4.57. The van der Waals surface area contributed by atoms with E-state index in [2.05, 4.69) is 19.8 Å². The molecule has 1 aliphatic heterocycles. The van der Waals surface area contributed by atoms with Crippen molar-refractivity contribution in [2.24, 2.45) is 0 Å². The van der Waals surface area contributed by atoms with Gasteiger partial charge in [0.05, 0.1) is 29.3 Å². The summed E-state index contributed by atoms with van der Waals surface area (Å²) < 4.78 is 8.23. The Kier molecular flexibility index (Phi) is 7.32. The van der Waals surface area contributed by atoms with Crippen LogP contribution in [0.5, 0.6) is 5.75 Å². The van der Waals surface area contributed by atoms with Crippen LogP contribution in [0.1, 0.15) is 24.0 Å². The van der Waals surface area contributed by atoms with E-state index in [1.54, 1.807) is 26.3 Å². The van der Waals surface area contributed by atoms with Crippen LogP contribution in [-0.2, 0) is 13.1 Å². The van der Waals surface area contributed by atoms with Crippen molar-refractivity contribution < 1.29 is 9.66 Å². The summed E-state index contributed by atoms with van der Waals surface area (Å²) in [6.45, 7) is 6.14. The summed E-state index contributed by atoms with van der Waals surface area (Å²) in [5.74, 6) is 0.796. The summed E-state index contributed by atoms with van der Waals surface area (Å²) in [5.41, 5.74) is 3.72. The summed E-state index contributed by atoms with van der Waals surface area (Å²) in [6, 6.07) is 11.7. The highest BCUT2D eigenvalue weighted by atomic mass is 32.1. The zero-order valence-electron chi connectivity index (χ0n) is 19.0. The number of aromatic nitrogens is 2. The molecule has 1 aromatic heterocycles. The molecule has 4 rings (SSSR count). The van der Waals surface area contributed by atoms with Gasteiger partial charge in [0.25, 0.3) is 5.69 Å². The highest BCUT2D eigenvalue weighted by molar-refractivity contribution is 7.71. The molecule has 1 N–H and O–H groups in total. The van der Waals surface area contributed by atoms with Crippen LogP contribution in [0.3, 0.4) is 0 Å². The molecule has 0 atom stereocenters. The number of rotatable bonds is 8. The number of hydrogen-bond acceptors (Lipinski definition) is 7. The van der Waals surface area contributed by atoms with Gasteiger partial charge in [-0.3, -0.25) is 15.1 Å². The van der Waals surface area contributed by atoms with Crippen molar-refractivity contribution in [2.45, 2.75) is 38.9 Å². The van der Waals surface area contributed by atoms with Gasteiger partial charge in [-0.15, -0.1) is 0 Å². The molecular formula is C24H29N5O3S. The van der Waals surface area contributed by atoms with Gasteiger partial charge >= 0.3 is 0 Å². The molecule has 174 valence electrons. The summed E-state index contributed by atoms with van der Waals surface area (Å²) in [6.07, 6.45) is 3.84. The van der Waals surface area contributed by atoms with Crippen molar-refractivity contribution in [3.8, 4) is 5.75 Å². The number of aryl methyl sites for hydroxylation is 1. The van der Waals surface area contributed by atoms with E-state index in [0.29, 0.717) is 18.2 Å². The first-order valence-electron chi connectivity index (χ1n) is 11.2. The topological polar surface area (TPSA) is 85.5 Å². The van der Waals surface area contributed by atoms with Crippen LogP contribution >= 0.6 is 12.2 Å². The van der Waals surface area contributed by atoms with Crippen LogP contribution in [0.15, 0.2) is 42.6 Å². The Balaban J connectivity index is 1.31. The normalized spacial score (nSPS) is 15.1. The van der Waals surface area contributed by atoms with Gasteiger partial charge in [-0.1, -0.05) is 24.4 Å². The van der Waals surface area contributed by atoms with Crippen LogP contribution in [0.4, 0.5) is 5.69 Å². The Morgan fingerprint density at radius 1 is 1.21 bits per heavy atom. The number of piperidine rings is 1. The lowest BCUT2D eigenvalue weighted by atomic mass is 10.0. The van der Waals surface area contributed by atoms with E-state index < -0.39 is 0 Å². The molecule has 0 unspecified atom stereocenters. The van der Waals surface area contributed by atoms with Crippen molar-refractivity contribution in [3.05, 3.63) is 68.5 Å². The summed E-state index contributed by atoms with van der Waals surface area (Å²) in [4.78, 5) is 17.8. The number of likely N-dealkylation sites (tertiary alicyclic amines) is 1. The number of nitrogens with one attached hydrogen (secondary N) is 1. The van der Waals surface area contributed by atoms with Gasteiger partial charge in [0.1, 0.15) is 10.4 Å². The molecule has 1 saturated heterocycles. The minimum Gasteiger partial charge on any atom is -0.497 e. The van der Waals surface area contributed by atoms with Crippen molar-refractivity contribution in [3.63, 3.8) is 0 Å². The first kappa shape index (κ1) is 23.3. The van der Waals surface area contributed by atoms with Crippen LogP contribution < -0.4 is 10.1 Å². The van der Waals surface area contributed by atoms with Crippen molar-refractivity contribution in [1.82, 2.24) is 19.8 Å². The van der Waals surface area contributed by atoms with Gasteiger partial charge in [0.2, 0.25) is 0 Å². The van der Waals surface area contributed by atoms with Crippen LogP contribution in [0.25, 0.3) is 11.0 Å². The molecule has 0 aliphatic carbocycles. The van der Waals surface area contributed by atoms with E-state index in [4.69, 9.17) is 17.0 Å². The van der Waals surface area contributed by atoms with Gasteiger partial charge in [0.15, 0.2) is 0 Å². The first-order chi connectivity index (χ1) is 15.9. The minimum absolute atomic E-state index is 0.184. The van der Waals surface area contributed by atoms with Crippen molar-refractivity contribution in [1.29, 1.82) is 0 Å². The Morgan fingerprint density at radius 3 is 2.73 bits per heavy atom. The van der Waals surface area contributed by atoms with Crippen molar-refractivity contribution in [2.75, 3.05) is 26.7 Å². The van der Waals surface area contributed by atoms with Crippen LogP contribution in [0, 0.1) is 21.7 Å². The second-order valence-electron chi connectivity index (χ2n) is 8.48. The third-order valence-electron chi connectivity index (χ3n) is 6.35. The van der Waals surface area contributed by atoms with Crippen LogP contribution in [-0.4, -0.2) is 52.2 Å². The predicted molar refractivity (Wildman–Crippen MR) is 131 cm³/mol. The highest BCUT2D eigenvalue weighted by Gasteiger charge is 2.19. The third-order valence-corrected chi connectivity index (χ3v) is 6.67.